The zero-order valence-electron chi connectivity index (χ0n) is 8.64. The number of hydrogen-bond donors (Lipinski definition) is 0. The highest BCUT2D eigenvalue weighted by atomic mass is 19.3. The van der Waals surface area contributed by atoms with Crippen LogP contribution in [0.25, 0.3) is 0 Å². The molecule has 5 atom stereocenters. The smallest absolute Gasteiger partial charge is 0.247 e. The molecule has 0 N–H and O–H groups in total. The maximum Gasteiger partial charge on any atom is 0.256 e. The van der Waals surface area contributed by atoms with Crippen LogP contribution in [-0.2, 0) is 0 Å². The molecule has 5 unspecified atom stereocenters. The van der Waals surface area contributed by atoms with Gasteiger partial charge in [0.2, 0.25) is 0 Å². The lowest BCUT2D eigenvalue weighted by molar-refractivity contribution is -0.118. The fourth-order valence-corrected chi connectivity index (χ4v) is 3.16. The van der Waals surface area contributed by atoms with Crippen molar-refractivity contribution in [3.05, 3.63) is 0 Å². The number of fused-ring (bicyclic) bond motifs is 1. The minimum Gasteiger partial charge on any atom is -0.247 e. The molecule has 0 aromatic carbocycles. The Bertz CT molecular complexity index is 225. The summed E-state index contributed by atoms with van der Waals surface area (Å²) in [5.74, 6) is -4.68. The van der Waals surface area contributed by atoms with Gasteiger partial charge in [-0.3, -0.25) is 0 Å². The third-order valence-corrected chi connectivity index (χ3v) is 4.15. The Morgan fingerprint density at radius 3 is 2.43 bits per heavy atom. The van der Waals surface area contributed by atoms with Crippen LogP contribution in [0.5, 0.6) is 0 Å². The molecule has 3 heteroatoms. The molecule has 0 amide bonds. The molecule has 2 rings (SSSR count). The van der Waals surface area contributed by atoms with Gasteiger partial charge in [-0.15, -0.1) is 0 Å². The summed E-state index contributed by atoms with van der Waals surface area (Å²) in [5.41, 5.74) is 0. The lowest BCUT2D eigenvalue weighted by atomic mass is 9.74. The Labute approximate surface area is 82.9 Å². The average molecular weight is 206 g/mol. The number of rotatable bonds is 0. The summed E-state index contributed by atoms with van der Waals surface area (Å²) in [5, 5.41) is 0. The van der Waals surface area contributed by atoms with Gasteiger partial charge in [0.25, 0.3) is 5.92 Å². The van der Waals surface area contributed by atoms with E-state index in [1.807, 2.05) is 0 Å². The van der Waals surface area contributed by atoms with E-state index >= 15 is 0 Å². The van der Waals surface area contributed by atoms with Crippen LogP contribution in [-0.4, -0.2) is 12.1 Å². The molecule has 0 bridgehead atoms. The Morgan fingerprint density at radius 1 is 1.14 bits per heavy atom. The zero-order chi connectivity index (χ0) is 10.5. The number of halogens is 3. The molecule has 2 fully saturated rings. The largest absolute Gasteiger partial charge is 0.256 e. The van der Waals surface area contributed by atoms with E-state index in [0.717, 1.165) is 12.8 Å². The molecule has 0 aromatic rings. The monoisotopic (exact) mass is 206 g/mol. The summed E-state index contributed by atoms with van der Waals surface area (Å²) in [6.07, 6.45) is 0.760. The Balaban J connectivity index is 2.24. The highest BCUT2D eigenvalue weighted by molar-refractivity contribution is 5.01. The molecule has 0 radical (unpaired) electrons. The Morgan fingerprint density at radius 2 is 1.79 bits per heavy atom. The van der Waals surface area contributed by atoms with Gasteiger partial charge in [0.1, 0.15) is 6.17 Å². The van der Waals surface area contributed by atoms with Crippen LogP contribution < -0.4 is 0 Å². The van der Waals surface area contributed by atoms with Gasteiger partial charge >= 0.3 is 0 Å². The summed E-state index contributed by atoms with van der Waals surface area (Å²) in [7, 11) is 0. The summed E-state index contributed by atoms with van der Waals surface area (Å²) in [6, 6.07) is 0. The van der Waals surface area contributed by atoms with Crippen LogP contribution in [0, 0.1) is 23.7 Å². The lowest BCUT2D eigenvalue weighted by Gasteiger charge is -2.36. The van der Waals surface area contributed by atoms with E-state index in [4.69, 9.17) is 0 Å². The van der Waals surface area contributed by atoms with Crippen molar-refractivity contribution in [1.82, 2.24) is 0 Å². The first-order valence-corrected chi connectivity index (χ1v) is 5.46. The minimum atomic E-state index is -2.78. The molecular formula is C11H17F3. The average Bonchev–Trinajstić information content (AvgIpc) is 2.32. The standard InChI is InChI=1S/C11H17F3/c1-6-3-4-8-5-7(2)11(13,14)9(8)10(6)12/h6-10H,3-5H2,1-2H3. The molecule has 0 heterocycles. The molecule has 0 spiro atoms. The highest BCUT2D eigenvalue weighted by Gasteiger charge is 2.60. The summed E-state index contributed by atoms with van der Waals surface area (Å²) in [4.78, 5) is 0. The van der Waals surface area contributed by atoms with Gasteiger partial charge in [-0.2, -0.15) is 0 Å². The SMILES string of the molecule is CC1CCC2CC(C)C(F)(F)C2C1F. The van der Waals surface area contributed by atoms with Crippen LogP contribution in [0.1, 0.15) is 33.1 Å². The van der Waals surface area contributed by atoms with Crippen LogP contribution in [0.3, 0.4) is 0 Å². The van der Waals surface area contributed by atoms with Gasteiger partial charge < -0.3 is 0 Å². The first-order valence-electron chi connectivity index (χ1n) is 5.46. The molecule has 0 nitrogen and oxygen atoms in total. The van der Waals surface area contributed by atoms with Crippen molar-refractivity contribution in [2.45, 2.75) is 45.2 Å². The second kappa shape index (κ2) is 3.14. The second-order valence-corrected chi connectivity index (χ2v) is 5.10. The van der Waals surface area contributed by atoms with E-state index in [1.54, 1.807) is 13.8 Å². The van der Waals surface area contributed by atoms with Gasteiger partial charge in [-0.05, 0) is 31.1 Å². The molecule has 2 aliphatic carbocycles. The van der Waals surface area contributed by atoms with E-state index in [1.165, 1.54) is 0 Å². The van der Waals surface area contributed by atoms with Gasteiger partial charge in [0.15, 0.2) is 0 Å². The lowest BCUT2D eigenvalue weighted by Crippen LogP contribution is -2.42. The van der Waals surface area contributed by atoms with Gasteiger partial charge in [0.05, 0.1) is 5.92 Å². The summed E-state index contributed by atoms with van der Waals surface area (Å²) < 4.78 is 41.0. The van der Waals surface area contributed by atoms with Crippen molar-refractivity contribution in [2.24, 2.45) is 23.7 Å². The molecule has 0 aliphatic heterocycles. The van der Waals surface area contributed by atoms with Gasteiger partial charge in [-0.1, -0.05) is 13.8 Å². The van der Waals surface area contributed by atoms with E-state index in [2.05, 4.69) is 0 Å². The first kappa shape index (κ1) is 10.3. The molecular weight excluding hydrogens is 189 g/mol. The zero-order valence-corrected chi connectivity index (χ0v) is 8.64. The van der Waals surface area contributed by atoms with Crippen molar-refractivity contribution < 1.29 is 13.2 Å². The number of hydrogen-bond acceptors (Lipinski definition) is 0. The van der Waals surface area contributed by atoms with Crippen molar-refractivity contribution in [3.63, 3.8) is 0 Å². The third kappa shape index (κ3) is 1.28. The van der Waals surface area contributed by atoms with Crippen molar-refractivity contribution in [2.75, 3.05) is 0 Å². The predicted octanol–water partition coefficient (Wildman–Crippen LogP) is 3.66. The maximum absolute atomic E-state index is 13.7. The maximum atomic E-state index is 13.7. The van der Waals surface area contributed by atoms with Gasteiger partial charge in [0, 0.05) is 5.92 Å². The third-order valence-electron chi connectivity index (χ3n) is 4.15. The Hall–Kier alpha value is -0.210. The molecule has 14 heavy (non-hydrogen) atoms. The van der Waals surface area contributed by atoms with Crippen molar-refractivity contribution in [1.29, 1.82) is 0 Å². The van der Waals surface area contributed by atoms with E-state index in [9.17, 15) is 13.2 Å². The van der Waals surface area contributed by atoms with Crippen molar-refractivity contribution >= 4 is 0 Å². The Kier molecular flexibility index (Phi) is 2.31. The summed E-state index contributed by atoms with van der Waals surface area (Å²) in [6.45, 7) is 3.30. The molecule has 0 saturated heterocycles. The number of alkyl halides is 3. The fraction of sp³-hybridized carbons (Fsp3) is 1.00. The van der Waals surface area contributed by atoms with Gasteiger partial charge in [-0.25, -0.2) is 13.2 Å². The fourth-order valence-electron chi connectivity index (χ4n) is 3.16. The van der Waals surface area contributed by atoms with Crippen LogP contribution >= 0.6 is 0 Å². The van der Waals surface area contributed by atoms with Crippen molar-refractivity contribution in [3.8, 4) is 0 Å². The topological polar surface area (TPSA) is 0 Å². The molecule has 0 aromatic heterocycles. The van der Waals surface area contributed by atoms with E-state index in [0.29, 0.717) is 6.42 Å². The van der Waals surface area contributed by atoms with Crippen LogP contribution in [0.4, 0.5) is 13.2 Å². The highest BCUT2D eigenvalue weighted by Crippen LogP contribution is 2.55. The first-order chi connectivity index (χ1) is 6.44. The van der Waals surface area contributed by atoms with Crippen LogP contribution in [0.15, 0.2) is 0 Å². The predicted molar refractivity (Wildman–Crippen MR) is 49.0 cm³/mol. The molecule has 82 valence electrons. The molecule has 2 saturated carbocycles. The van der Waals surface area contributed by atoms with Crippen LogP contribution in [0.2, 0.25) is 0 Å². The molecule has 2 aliphatic rings. The quantitative estimate of drug-likeness (QED) is 0.567. The summed E-state index contributed by atoms with van der Waals surface area (Å²) >= 11 is 0. The minimum absolute atomic E-state index is 0.0776. The second-order valence-electron chi connectivity index (χ2n) is 5.10. The van der Waals surface area contributed by atoms with E-state index in [-0.39, 0.29) is 11.8 Å². The van der Waals surface area contributed by atoms with E-state index < -0.39 is 23.9 Å². The normalized spacial score (nSPS) is 51.6.